The number of ether oxygens (including phenoxy) is 1. The van der Waals surface area contributed by atoms with Gasteiger partial charge in [0, 0.05) is 16.6 Å². The first-order valence-corrected chi connectivity index (χ1v) is 7.36. The minimum Gasteiger partial charge on any atom is -0.457 e. The van der Waals surface area contributed by atoms with Crippen molar-refractivity contribution in [3.63, 3.8) is 0 Å². The molecule has 0 aliphatic rings. The van der Waals surface area contributed by atoms with Crippen LogP contribution < -0.4 is 10.1 Å². The van der Waals surface area contributed by atoms with E-state index < -0.39 is 0 Å². The molecule has 0 saturated heterocycles. The van der Waals surface area contributed by atoms with Gasteiger partial charge >= 0.3 is 0 Å². The predicted molar refractivity (Wildman–Crippen MR) is 85.0 cm³/mol. The van der Waals surface area contributed by atoms with Crippen LogP contribution in [-0.2, 0) is 6.54 Å². The Morgan fingerprint density at radius 3 is 2.45 bits per heavy atom. The standard InChI is InChI=1S/C16H17Cl2NO/c1-2-6-19-11-12-4-3-5-15(7-12)20-16-9-13(17)8-14(18)10-16/h3-5,7-10,19H,2,6,11H2,1H3. The number of rotatable bonds is 6. The van der Waals surface area contributed by atoms with Crippen LogP contribution in [0.5, 0.6) is 11.5 Å². The molecule has 2 nitrogen and oxygen atoms in total. The second-order valence-corrected chi connectivity index (χ2v) is 5.40. The molecule has 2 aromatic carbocycles. The van der Waals surface area contributed by atoms with Gasteiger partial charge in [-0.1, -0.05) is 42.3 Å². The van der Waals surface area contributed by atoms with Crippen LogP contribution in [0.2, 0.25) is 10.0 Å². The van der Waals surface area contributed by atoms with Crippen molar-refractivity contribution in [2.45, 2.75) is 19.9 Å². The lowest BCUT2D eigenvalue weighted by molar-refractivity contribution is 0.481. The predicted octanol–water partition coefficient (Wildman–Crippen LogP) is 5.29. The fourth-order valence-corrected chi connectivity index (χ4v) is 2.36. The Balaban J connectivity index is 2.07. The molecule has 0 aromatic heterocycles. The van der Waals surface area contributed by atoms with Gasteiger partial charge < -0.3 is 10.1 Å². The summed E-state index contributed by atoms with van der Waals surface area (Å²) in [4.78, 5) is 0. The van der Waals surface area contributed by atoms with E-state index in [9.17, 15) is 0 Å². The fourth-order valence-electron chi connectivity index (χ4n) is 1.85. The van der Waals surface area contributed by atoms with Gasteiger partial charge in [-0.05, 0) is 48.9 Å². The van der Waals surface area contributed by atoms with E-state index in [4.69, 9.17) is 27.9 Å². The van der Waals surface area contributed by atoms with E-state index in [-0.39, 0.29) is 0 Å². The van der Waals surface area contributed by atoms with Crippen LogP contribution in [0, 0.1) is 0 Å². The van der Waals surface area contributed by atoms with Crippen molar-refractivity contribution in [2.75, 3.05) is 6.54 Å². The summed E-state index contributed by atoms with van der Waals surface area (Å²) in [5.41, 5.74) is 1.18. The maximum atomic E-state index is 5.96. The fraction of sp³-hybridized carbons (Fsp3) is 0.250. The highest BCUT2D eigenvalue weighted by atomic mass is 35.5. The summed E-state index contributed by atoms with van der Waals surface area (Å²) in [7, 11) is 0. The van der Waals surface area contributed by atoms with Gasteiger partial charge in [-0.15, -0.1) is 0 Å². The second-order valence-electron chi connectivity index (χ2n) is 4.53. The topological polar surface area (TPSA) is 21.3 Å². The van der Waals surface area contributed by atoms with E-state index in [1.54, 1.807) is 18.2 Å². The zero-order valence-corrected chi connectivity index (χ0v) is 12.8. The molecule has 0 atom stereocenters. The van der Waals surface area contributed by atoms with Crippen LogP contribution in [0.1, 0.15) is 18.9 Å². The first kappa shape index (κ1) is 15.2. The van der Waals surface area contributed by atoms with Crippen molar-refractivity contribution in [1.29, 1.82) is 0 Å². The molecule has 20 heavy (non-hydrogen) atoms. The molecule has 0 amide bonds. The van der Waals surface area contributed by atoms with Gasteiger partial charge in [0.1, 0.15) is 11.5 Å². The average Bonchev–Trinajstić information content (AvgIpc) is 2.38. The van der Waals surface area contributed by atoms with Gasteiger partial charge in [0.2, 0.25) is 0 Å². The Morgan fingerprint density at radius 1 is 1.00 bits per heavy atom. The molecule has 0 aliphatic carbocycles. The van der Waals surface area contributed by atoms with Crippen molar-refractivity contribution in [2.24, 2.45) is 0 Å². The van der Waals surface area contributed by atoms with Gasteiger partial charge in [0.15, 0.2) is 0 Å². The summed E-state index contributed by atoms with van der Waals surface area (Å²) >= 11 is 11.9. The quantitative estimate of drug-likeness (QED) is 0.732. The molecule has 0 fully saturated rings. The minimum atomic E-state index is 0.563. The normalized spacial score (nSPS) is 10.6. The number of hydrogen-bond acceptors (Lipinski definition) is 2. The maximum absolute atomic E-state index is 5.96. The van der Waals surface area contributed by atoms with Crippen LogP contribution in [0.15, 0.2) is 42.5 Å². The molecule has 106 valence electrons. The maximum Gasteiger partial charge on any atom is 0.130 e. The van der Waals surface area contributed by atoms with Crippen LogP contribution in [0.4, 0.5) is 0 Å². The highest BCUT2D eigenvalue weighted by Crippen LogP contribution is 2.28. The Kier molecular flexibility index (Phi) is 5.72. The van der Waals surface area contributed by atoms with Crippen LogP contribution in [0.25, 0.3) is 0 Å². The molecule has 0 spiro atoms. The van der Waals surface area contributed by atoms with Crippen LogP contribution >= 0.6 is 23.2 Å². The first-order valence-electron chi connectivity index (χ1n) is 6.61. The van der Waals surface area contributed by atoms with Gasteiger partial charge in [-0.3, -0.25) is 0 Å². The highest BCUT2D eigenvalue weighted by molar-refractivity contribution is 6.34. The minimum absolute atomic E-state index is 0.563. The van der Waals surface area contributed by atoms with Crippen LogP contribution in [-0.4, -0.2) is 6.54 Å². The second kappa shape index (κ2) is 7.53. The largest absolute Gasteiger partial charge is 0.457 e. The molecule has 4 heteroatoms. The van der Waals surface area contributed by atoms with Crippen molar-refractivity contribution in [3.8, 4) is 11.5 Å². The summed E-state index contributed by atoms with van der Waals surface area (Å²) < 4.78 is 5.79. The third-order valence-corrected chi connectivity index (χ3v) is 3.16. The molecule has 0 bridgehead atoms. The number of hydrogen-bond donors (Lipinski definition) is 1. The molecule has 0 saturated carbocycles. The Labute approximate surface area is 129 Å². The lowest BCUT2D eigenvalue weighted by atomic mass is 10.2. The van der Waals surface area contributed by atoms with Crippen molar-refractivity contribution < 1.29 is 4.74 Å². The van der Waals surface area contributed by atoms with Crippen molar-refractivity contribution in [1.82, 2.24) is 5.32 Å². The number of nitrogens with one attached hydrogen (secondary N) is 1. The molecular weight excluding hydrogens is 293 g/mol. The van der Waals surface area contributed by atoms with E-state index in [0.29, 0.717) is 15.8 Å². The summed E-state index contributed by atoms with van der Waals surface area (Å²) in [5.74, 6) is 1.42. The number of benzene rings is 2. The summed E-state index contributed by atoms with van der Waals surface area (Å²) in [6.07, 6.45) is 1.12. The molecule has 0 aliphatic heterocycles. The van der Waals surface area contributed by atoms with Gasteiger partial charge in [-0.2, -0.15) is 0 Å². The molecule has 0 unspecified atom stereocenters. The molecule has 0 heterocycles. The lowest BCUT2D eigenvalue weighted by Gasteiger charge is -2.09. The smallest absolute Gasteiger partial charge is 0.130 e. The van der Waals surface area contributed by atoms with Crippen LogP contribution in [0.3, 0.4) is 0 Å². The van der Waals surface area contributed by atoms with Gasteiger partial charge in [-0.25, -0.2) is 0 Å². The summed E-state index contributed by atoms with van der Waals surface area (Å²) in [6, 6.07) is 13.1. The first-order chi connectivity index (χ1) is 9.67. The summed E-state index contributed by atoms with van der Waals surface area (Å²) in [5, 5.41) is 4.49. The third kappa shape index (κ3) is 4.71. The van der Waals surface area contributed by atoms with Crippen molar-refractivity contribution in [3.05, 3.63) is 58.1 Å². The lowest BCUT2D eigenvalue weighted by Crippen LogP contribution is -2.13. The molecule has 0 radical (unpaired) electrons. The Bertz CT molecular complexity index is 552. The number of halogens is 2. The summed E-state index contributed by atoms with van der Waals surface area (Å²) in [6.45, 7) is 3.99. The molecule has 2 aromatic rings. The molecule has 1 N–H and O–H groups in total. The van der Waals surface area contributed by atoms with E-state index >= 15 is 0 Å². The van der Waals surface area contributed by atoms with E-state index in [2.05, 4.69) is 18.3 Å². The zero-order valence-electron chi connectivity index (χ0n) is 11.3. The average molecular weight is 310 g/mol. The third-order valence-electron chi connectivity index (χ3n) is 2.73. The molecular formula is C16H17Cl2NO. The SMILES string of the molecule is CCCNCc1cccc(Oc2cc(Cl)cc(Cl)c2)c1. The van der Waals surface area contributed by atoms with E-state index in [0.717, 1.165) is 25.3 Å². The van der Waals surface area contributed by atoms with Gasteiger partial charge in [0.25, 0.3) is 0 Å². The van der Waals surface area contributed by atoms with Crippen molar-refractivity contribution >= 4 is 23.2 Å². The van der Waals surface area contributed by atoms with Gasteiger partial charge in [0.05, 0.1) is 0 Å². The zero-order chi connectivity index (χ0) is 14.4. The Hall–Kier alpha value is -1.22. The van der Waals surface area contributed by atoms with E-state index in [1.807, 2.05) is 18.2 Å². The van der Waals surface area contributed by atoms with E-state index in [1.165, 1.54) is 5.56 Å². The highest BCUT2D eigenvalue weighted by Gasteiger charge is 2.02. The monoisotopic (exact) mass is 309 g/mol. The Morgan fingerprint density at radius 2 is 1.75 bits per heavy atom. The molecule has 2 rings (SSSR count).